The van der Waals surface area contributed by atoms with Crippen LogP contribution in [0.3, 0.4) is 0 Å². The minimum Gasteiger partial charge on any atom is -0.299 e. The largest absolute Gasteiger partial charge is 0.299 e. The molecule has 0 amide bonds. The highest BCUT2D eigenvalue weighted by Crippen LogP contribution is 2.27. The summed E-state index contributed by atoms with van der Waals surface area (Å²) in [5.41, 5.74) is 0. The molecule has 1 aliphatic rings. The second-order valence-electron chi connectivity index (χ2n) is 3.56. The zero-order valence-corrected chi connectivity index (χ0v) is 7.89. The van der Waals surface area contributed by atoms with Crippen LogP contribution in [-0.4, -0.2) is 5.78 Å². The predicted octanol–water partition coefficient (Wildman–Crippen LogP) is 2.41. The van der Waals surface area contributed by atoms with Crippen LogP contribution in [0.15, 0.2) is 0 Å². The molecule has 1 aliphatic carbocycles. The molecule has 0 aromatic heterocycles. The van der Waals surface area contributed by atoms with Crippen LogP contribution in [0, 0.1) is 23.7 Å². The summed E-state index contributed by atoms with van der Waals surface area (Å²) < 4.78 is 0. The van der Waals surface area contributed by atoms with Crippen LogP contribution in [0.1, 0.15) is 39.5 Å². The molecule has 1 rings (SSSR count). The SMILES string of the molecule is CC#CCC1CCCC(C)C1=O. The fourth-order valence-electron chi connectivity index (χ4n) is 1.79. The number of carbonyl (C=O) groups excluding carboxylic acids is 1. The lowest BCUT2D eigenvalue weighted by Gasteiger charge is -2.23. The number of hydrogen-bond acceptors (Lipinski definition) is 1. The van der Waals surface area contributed by atoms with Gasteiger partial charge in [-0.2, -0.15) is 0 Å². The summed E-state index contributed by atoms with van der Waals surface area (Å²) in [5.74, 6) is 6.80. The molecule has 1 nitrogen and oxygen atoms in total. The molecule has 0 N–H and O–H groups in total. The summed E-state index contributed by atoms with van der Waals surface area (Å²) in [6.45, 7) is 3.87. The van der Waals surface area contributed by atoms with Gasteiger partial charge in [-0.3, -0.25) is 4.79 Å². The van der Waals surface area contributed by atoms with E-state index in [1.165, 1.54) is 6.42 Å². The van der Waals surface area contributed by atoms with Crippen molar-refractivity contribution in [3.05, 3.63) is 0 Å². The van der Waals surface area contributed by atoms with Crippen molar-refractivity contribution < 1.29 is 4.79 Å². The molecule has 0 saturated heterocycles. The van der Waals surface area contributed by atoms with Crippen LogP contribution in [0.25, 0.3) is 0 Å². The number of Topliss-reactive ketones (excluding diaryl/α,β-unsaturated/α-hetero) is 1. The number of carbonyl (C=O) groups is 1. The Morgan fingerprint density at radius 3 is 2.92 bits per heavy atom. The highest BCUT2D eigenvalue weighted by atomic mass is 16.1. The van der Waals surface area contributed by atoms with Crippen LogP contribution in [0.4, 0.5) is 0 Å². The first kappa shape index (κ1) is 9.32. The van der Waals surface area contributed by atoms with Gasteiger partial charge in [-0.25, -0.2) is 0 Å². The summed E-state index contributed by atoms with van der Waals surface area (Å²) in [5, 5.41) is 0. The van der Waals surface area contributed by atoms with Gasteiger partial charge in [-0.1, -0.05) is 13.3 Å². The maximum Gasteiger partial charge on any atom is 0.139 e. The molecule has 2 unspecified atom stereocenters. The third kappa shape index (κ3) is 2.11. The van der Waals surface area contributed by atoms with E-state index in [4.69, 9.17) is 0 Å². The van der Waals surface area contributed by atoms with E-state index in [0.29, 0.717) is 5.78 Å². The quantitative estimate of drug-likeness (QED) is 0.544. The molecular formula is C11H16O. The lowest BCUT2D eigenvalue weighted by atomic mass is 9.80. The van der Waals surface area contributed by atoms with Crippen LogP contribution in [0.2, 0.25) is 0 Å². The average molecular weight is 164 g/mol. The summed E-state index contributed by atoms with van der Waals surface area (Å²) in [4.78, 5) is 11.6. The van der Waals surface area contributed by atoms with E-state index in [1.54, 1.807) is 0 Å². The van der Waals surface area contributed by atoms with Crippen molar-refractivity contribution in [1.29, 1.82) is 0 Å². The third-order valence-electron chi connectivity index (χ3n) is 2.60. The smallest absolute Gasteiger partial charge is 0.139 e. The summed E-state index contributed by atoms with van der Waals surface area (Å²) in [7, 11) is 0. The van der Waals surface area contributed by atoms with Crippen LogP contribution >= 0.6 is 0 Å². The lowest BCUT2D eigenvalue weighted by molar-refractivity contribution is -0.128. The Hall–Kier alpha value is -0.770. The molecule has 1 saturated carbocycles. The van der Waals surface area contributed by atoms with Gasteiger partial charge in [0.2, 0.25) is 0 Å². The first-order valence-corrected chi connectivity index (χ1v) is 4.69. The van der Waals surface area contributed by atoms with E-state index in [-0.39, 0.29) is 11.8 Å². The Balaban J connectivity index is 2.50. The molecule has 0 radical (unpaired) electrons. The Kier molecular flexibility index (Phi) is 3.34. The van der Waals surface area contributed by atoms with Crippen LogP contribution in [0.5, 0.6) is 0 Å². The summed E-state index contributed by atoms with van der Waals surface area (Å²) in [6, 6.07) is 0. The van der Waals surface area contributed by atoms with E-state index < -0.39 is 0 Å². The molecule has 0 aliphatic heterocycles. The van der Waals surface area contributed by atoms with E-state index in [9.17, 15) is 4.79 Å². The molecule has 0 bridgehead atoms. The summed E-state index contributed by atoms with van der Waals surface area (Å²) >= 11 is 0. The van der Waals surface area contributed by atoms with Crippen molar-refractivity contribution >= 4 is 5.78 Å². The van der Waals surface area contributed by atoms with Gasteiger partial charge in [0.05, 0.1) is 0 Å². The minimum atomic E-state index is 0.237. The normalized spacial score (nSPS) is 29.3. The monoisotopic (exact) mass is 164 g/mol. The maximum absolute atomic E-state index is 11.6. The molecule has 0 aromatic rings. The standard InChI is InChI=1S/C11H16O/c1-3-4-7-10-8-5-6-9(2)11(10)12/h9-10H,5-8H2,1-2H3. The molecule has 12 heavy (non-hydrogen) atoms. The maximum atomic E-state index is 11.6. The molecule has 1 fully saturated rings. The number of hydrogen-bond donors (Lipinski definition) is 0. The Morgan fingerprint density at radius 2 is 2.25 bits per heavy atom. The van der Waals surface area contributed by atoms with Gasteiger partial charge >= 0.3 is 0 Å². The van der Waals surface area contributed by atoms with Gasteiger partial charge in [-0.05, 0) is 19.8 Å². The van der Waals surface area contributed by atoms with E-state index in [2.05, 4.69) is 11.8 Å². The zero-order valence-electron chi connectivity index (χ0n) is 7.89. The highest BCUT2D eigenvalue weighted by Gasteiger charge is 2.26. The number of rotatable bonds is 1. The fourth-order valence-corrected chi connectivity index (χ4v) is 1.79. The lowest BCUT2D eigenvalue weighted by Crippen LogP contribution is -2.26. The van der Waals surface area contributed by atoms with Gasteiger partial charge in [0.1, 0.15) is 5.78 Å². The van der Waals surface area contributed by atoms with Crippen molar-refractivity contribution in [2.75, 3.05) is 0 Å². The van der Waals surface area contributed by atoms with Gasteiger partial charge < -0.3 is 0 Å². The molecule has 0 aromatic carbocycles. The number of ketones is 1. The Bertz CT molecular complexity index is 219. The molecular weight excluding hydrogens is 148 g/mol. The molecule has 66 valence electrons. The van der Waals surface area contributed by atoms with Crippen molar-refractivity contribution in [3.63, 3.8) is 0 Å². The van der Waals surface area contributed by atoms with E-state index in [0.717, 1.165) is 19.3 Å². The van der Waals surface area contributed by atoms with Crippen molar-refractivity contribution in [2.45, 2.75) is 39.5 Å². The van der Waals surface area contributed by atoms with Crippen molar-refractivity contribution in [3.8, 4) is 11.8 Å². The molecule has 0 heterocycles. The van der Waals surface area contributed by atoms with Crippen molar-refractivity contribution in [2.24, 2.45) is 11.8 Å². The van der Waals surface area contributed by atoms with Gasteiger partial charge in [0.25, 0.3) is 0 Å². The minimum absolute atomic E-state index is 0.237. The Labute approximate surface area is 74.5 Å². The molecule has 2 atom stereocenters. The molecule has 0 spiro atoms. The molecule has 1 heteroatoms. The predicted molar refractivity (Wildman–Crippen MR) is 49.6 cm³/mol. The van der Waals surface area contributed by atoms with Crippen LogP contribution < -0.4 is 0 Å². The van der Waals surface area contributed by atoms with Gasteiger partial charge in [0, 0.05) is 18.3 Å². The fraction of sp³-hybridized carbons (Fsp3) is 0.727. The Morgan fingerprint density at radius 1 is 1.50 bits per heavy atom. The van der Waals surface area contributed by atoms with E-state index >= 15 is 0 Å². The highest BCUT2D eigenvalue weighted by molar-refractivity contribution is 5.84. The second kappa shape index (κ2) is 4.30. The van der Waals surface area contributed by atoms with E-state index in [1.807, 2.05) is 13.8 Å². The first-order chi connectivity index (χ1) is 5.75. The first-order valence-electron chi connectivity index (χ1n) is 4.69. The summed E-state index contributed by atoms with van der Waals surface area (Å²) in [6.07, 6.45) is 4.11. The average Bonchev–Trinajstić information content (AvgIpc) is 2.08. The second-order valence-corrected chi connectivity index (χ2v) is 3.56. The van der Waals surface area contributed by atoms with Gasteiger partial charge in [0.15, 0.2) is 0 Å². The van der Waals surface area contributed by atoms with Gasteiger partial charge in [-0.15, -0.1) is 11.8 Å². The van der Waals surface area contributed by atoms with Crippen LogP contribution in [-0.2, 0) is 4.79 Å². The topological polar surface area (TPSA) is 17.1 Å². The van der Waals surface area contributed by atoms with Crippen molar-refractivity contribution in [1.82, 2.24) is 0 Å². The third-order valence-corrected chi connectivity index (χ3v) is 2.60. The zero-order chi connectivity index (χ0) is 8.97.